The van der Waals surface area contributed by atoms with Crippen LogP contribution in [0.5, 0.6) is 0 Å². The minimum absolute atomic E-state index is 0.519. The Bertz CT molecular complexity index is 3830. The van der Waals surface area contributed by atoms with Crippen LogP contribution in [-0.4, -0.2) is 4.57 Å². The van der Waals surface area contributed by atoms with E-state index in [1.807, 2.05) is 11.3 Å². The highest BCUT2D eigenvalue weighted by atomic mass is 32.1. The first-order valence-corrected chi connectivity index (χ1v) is 22.2. The Morgan fingerprint density at radius 1 is 0.355 bits per heavy atom. The predicted molar refractivity (Wildman–Crippen MR) is 262 cm³/mol. The molecule has 1 spiro atoms. The maximum absolute atomic E-state index is 2.52. The van der Waals surface area contributed by atoms with Crippen LogP contribution in [0.1, 0.15) is 22.3 Å². The van der Waals surface area contributed by atoms with E-state index in [0.717, 1.165) is 22.7 Å². The molecule has 0 saturated carbocycles. The normalized spacial score (nSPS) is 14.8. The second kappa shape index (κ2) is 12.7. The van der Waals surface area contributed by atoms with Crippen LogP contribution in [0.2, 0.25) is 0 Å². The molecule has 3 heteroatoms. The summed E-state index contributed by atoms with van der Waals surface area (Å²) >= 11 is 1.87. The standard InChI is InChI=1S/C59H36N2S/c1-2-16-38(17-3-1)61-54-26-10-6-20-45(54)46-32-29-41(36-55(46)61)60(39-30-33-57-49(34-39)47-21-7-11-27-56(47)62-57)40-28-31-44-42-18-4-8-23-50(42)59(53(44)35-40)51-24-9-5-19-43(51)48-22-12-14-37-15-13-25-52(59)58(37)48/h1-36H. The molecule has 0 amide bonds. The molecule has 14 rings (SSSR count). The van der Waals surface area contributed by atoms with Crippen LogP contribution in [0, 0.1) is 0 Å². The number of aromatic nitrogens is 1. The van der Waals surface area contributed by atoms with E-state index in [4.69, 9.17) is 0 Å². The lowest BCUT2D eigenvalue weighted by Gasteiger charge is -2.40. The number of benzene rings is 10. The van der Waals surface area contributed by atoms with Crippen molar-refractivity contribution in [2.24, 2.45) is 0 Å². The third-order valence-corrected chi connectivity index (χ3v) is 14.9. The molecule has 12 aromatic rings. The van der Waals surface area contributed by atoms with Crippen molar-refractivity contribution in [3.63, 3.8) is 0 Å². The Labute approximate surface area is 362 Å². The number of fused-ring (bicyclic) bond motifs is 15. The van der Waals surface area contributed by atoms with Crippen molar-refractivity contribution >= 4 is 81.1 Å². The summed E-state index contributed by atoms with van der Waals surface area (Å²) in [6, 6.07) is 81.8. The monoisotopic (exact) mass is 804 g/mol. The van der Waals surface area contributed by atoms with E-state index in [1.54, 1.807) is 0 Å². The first-order chi connectivity index (χ1) is 30.8. The van der Waals surface area contributed by atoms with Gasteiger partial charge in [-0.3, -0.25) is 0 Å². The first kappa shape index (κ1) is 34.0. The quantitative estimate of drug-likeness (QED) is 0.172. The zero-order valence-electron chi connectivity index (χ0n) is 33.6. The van der Waals surface area contributed by atoms with Gasteiger partial charge in [0.2, 0.25) is 0 Å². The smallest absolute Gasteiger partial charge is 0.0726 e. The summed E-state index contributed by atoms with van der Waals surface area (Å²) in [4.78, 5) is 2.50. The molecule has 2 aliphatic carbocycles. The van der Waals surface area contributed by atoms with Crippen LogP contribution < -0.4 is 4.90 Å². The average Bonchev–Trinajstić information content (AvgIpc) is 3.97. The second-order valence-electron chi connectivity index (χ2n) is 16.8. The fourth-order valence-corrected chi connectivity index (χ4v) is 12.4. The molecular formula is C59H36N2S. The SMILES string of the molecule is c1ccc(-n2c3ccccc3c3ccc(N(c4ccc5c(c4)C4(c6ccccc6-5)c5ccccc5-c5cccc6cccc4c56)c4ccc5sc6ccccc6c5c4)cc32)cc1. The van der Waals surface area contributed by atoms with E-state index < -0.39 is 5.41 Å². The fraction of sp³-hybridized carbons (Fsp3) is 0.0169. The van der Waals surface area contributed by atoms with Gasteiger partial charge < -0.3 is 9.47 Å². The number of rotatable bonds is 4. The number of anilines is 3. The molecule has 0 radical (unpaired) electrons. The average molecular weight is 805 g/mol. The lowest BCUT2D eigenvalue weighted by molar-refractivity contribution is 0.773. The van der Waals surface area contributed by atoms with Crippen molar-refractivity contribution in [3.05, 3.63) is 241 Å². The topological polar surface area (TPSA) is 8.17 Å². The van der Waals surface area contributed by atoms with Crippen molar-refractivity contribution < 1.29 is 0 Å². The van der Waals surface area contributed by atoms with Crippen LogP contribution in [0.3, 0.4) is 0 Å². The zero-order chi connectivity index (χ0) is 40.5. The van der Waals surface area contributed by atoms with Gasteiger partial charge in [0, 0.05) is 53.7 Å². The molecular weight excluding hydrogens is 769 g/mol. The van der Waals surface area contributed by atoms with Gasteiger partial charge in [-0.2, -0.15) is 0 Å². The number of nitrogens with zero attached hydrogens (tertiary/aromatic N) is 2. The van der Waals surface area contributed by atoms with Crippen molar-refractivity contribution in [1.82, 2.24) is 4.57 Å². The van der Waals surface area contributed by atoms with Crippen LogP contribution in [0.4, 0.5) is 17.1 Å². The number of thiophene rings is 1. The van der Waals surface area contributed by atoms with Gasteiger partial charge in [-0.1, -0.05) is 152 Å². The van der Waals surface area contributed by atoms with Gasteiger partial charge in [-0.15, -0.1) is 11.3 Å². The Kier molecular flexibility index (Phi) is 6.95. The molecule has 2 aliphatic rings. The minimum Gasteiger partial charge on any atom is -0.310 e. The summed E-state index contributed by atoms with van der Waals surface area (Å²) in [6.07, 6.45) is 0. The van der Waals surface area contributed by atoms with Gasteiger partial charge in [0.15, 0.2) is 0 Å². The van der Waals surface area contributed by atoms with Gasteiger partial charge in [-0.25, -0.2) is 0 Å². The molecule has 62 heavy (non-hydrogen) atoms. The Morgan fingerprint density at radius 2 is 0.935 bits per heavy atom. The van der Waals surface area contributed by atoms with Gasteiger partial charge in [0.1, 0.15) is 0 Å². The summed E-state index contributed by atoms with van der Waals surface area (Å²) in [7, 11) is 0. The van der Waals surface area contributed by atoms with Crippen molar-refractivity contribution in [2.45, 2.75) is 5.41 Å². The highest BCUT2D eigenvalue weighted by Crippen LogP contribution is 2.62. The molecule has 2 aromatic heterocycles. The summed E-state index contributed by atoms with van der Waals surface area (Å²) in [5.74, 6) is 0. The summed E-state index contributed by atoms with van der Waals surface area (Å²) < 4.78 is 5.03. The van der Waals surface area contributed by atoms with Crippen LogP contribution in [-0.2, 0) is 5.41 Å². The van der Waals surface area contributed by atoms with E-state index in [0.29, 0.717) is 0 Å². The maximum Gasteiger partial charge on any atom is 0.0726 e. The molecule has 1 atom stereocenters. The Balaban J connectivity index is 1.08. The molecule has 2 heterocycles. The minimum atomic E-state index is -0.519. The molecule has 0 N–H and O–H groups in total. The van der Waals surface area contributed by atoms with Crippen LogP contribution in [0.25, 0.3) is 80.7 Å². The van der Waals surface area contributed by atoms with E-state index >= 15 is 0 Å². The van der Waals surface area contributed by atoms with Gasteiger partial charge in [-0.05, 0) is 122 Å². The van der Waals surface area contributed by atoms with Crippen molar-refractivity contribution in [2.75, 3.05) is 4.90 Å². The van der Waals surface area contributed by atoms with E-state index in [-0.39, 0.29) is 0 Å². The predicted octanol–water partition coefficient (Wildman–Crippen LogP) is 16.1. The number of hydrogen-bond donors (Lipinski definition) is 0. The van der Waals surface area contributed by atoms with E-state index in [1.165, 1.54) is 97.3 Å². The molecule has 0 bridgehead atoms. The zero-order valence-corrected chi connectivity index (χ0v) is 34.4. The molecule has 288 valence electrons. The highest BCUT2D eigenvalue weighted by molar-refractivity contribution is 7.25. The summed E-state index contributed by atoms with van der Waals surface area (Å²) in [6.45, 7) is 0. The van der Waals surface area contributed by atoms with Gasteiger partial charge >= 0.3 is 0 Å². The molecule has 0 fully saturated rings. The third kappa shape index (κ3) is 4.47. The van der Waals surface area contributed by atoms with Crippen molar-refractivity contribution in [3.8, 4) is 27.9 Å². The Hall–Kier alpha value is -7.72. The Morgan fingerprint density at radius 3 is 1.79 bits per heavy atom. The molecule has 10 aromatic carbocycles. The first-order valence-electron chi connectivity index (χ1n) is 21.4. The third-order valence-electron chi connectivity index (χ3n) is 13.8. The summed E-state index contributed by atoms with van der Waals surface area (Å²) in [5, 5.41) is 7.67. The molecule has 0 aliphatic heterocycles. The number of hydrogen-bond acceptors (Lipinski definition) is 2. The number of para-hydroxylation sites is 2. The molecule has 1 unspecified atom stereocenters. The van der Waals surface area contributed by atoms with Crippen molar-refractivity contribution in [1.29, 1.82) is 0 Å². The fourth-order valence-electron chi connectivity index (χ4n) is 11.3. The van der Waals surface area contributed by atoms with Gasteiger partial charge in [0.05, 0.1) is 16.4 Å². The largest absolute Gasteiger partial charge is 0.310 e. The maximum atomic E-state index is 2.52. The van der Waals surface area contributed by atoms with Crippen LogP contribution in [0.15, 0.2) is 218 Å². The lowest BCUT2D eigenvalue weighted by Crippen LogP contribution is -2.32. The van der Waals surface area contributed by atoms with E-state index in [2.05, 4.69) is 228 Å². The van der Waals surface area contributed by atoms with Crippen LogP contribution >= 0.6 is 11.3 Å². The summed E-state index contributed by atoms with van der Waals surface area (Å²) in [5.41, 5.74) is 16.9. The molecule has 2 nitrogen and oxygen atoms in total. The highest BCUT2D eigenvalue weighted by Gasteiger charge is 2.50. The van der Waals surface area contributed by atoms with E-state index in [9.17, 15) is 0 Å². The second-order valence-corrected chi connectivity index (χ2v) is 17.9. The lowest BCUT2D eigenvalue weighted by atomic mass is 9.61. The van der Waals surface area contributed by atoms with Gasteiger partial charge in [0.25, 0.3) is 0 Å². The molecule has 0 saturated heterocycles.